The van der Waals surface area contributed by atoms with Gasteiger partial charge in [0.25, 0.3) is 11.4 Å². The first-order chi connectivity index (χ1) is 22.8. The van der Waals surface area contributed by atoms with E-state index in [0.717, 1.165) is 17.7 Å². The number of benzene rings is 3. The Morgan fingerprint density at radius 3 is 1.73 bits per heavy atom. The van der Waals surface area contributed by atoms with E-state index in [1.807, 2.05) is 0 Å². The highest BCUT2D eigenvalue weighted by Gasteiger charge is 2.44. The van der Waals surface area contributed by atoms with Crippen molar-refractivity contribution < 1.29 is 22.0 Å². The number of nitriles is 4. The lowest BCUT2D eigenvalue weighted by Gasteiger charge is -2.16. The molecule has 0 N–H and O–H groups in total. The molecule has 0 spiro atoms. The van der Waals surface area contributed by atoms with Crippen molar-refractivity contribution in [3.8, 4) is 24.3 Å². The largest absolute Gasteiger partial charge is 0.417 e. The van der Waals surface area contributed by atoms with E-state index in [9.17, 15) is 34.2 Å². The lowest BCUT2D eigenvalue weighted by Crippen LogP contribution is -2.08. The normalized spacial score (nSPS) is 15.2. The van der Waals surface area contributed by atoms with Gasteiger partial charge in [0.2, 0.25) is 5.70 Å². The topological polar surface area (TPSA) is 108 Å². The number of nitrogens with zero attached hydrogens (tertiary/aromatic N) is 7. The van der Waals surface area contributed by atoms with Crippen LogP contribution < -0.4 is 0 Å². The molecular weight excluding hydrogens is 625 g/mol. The first-order valence-electron chi connectivity index (χ1n) is 13.4. The Hall–Kier alpha value is -7.30. The van der Waals surface area contributed by atoms with Gasteiger partial charge in [-0.3, -0.25) is 0 Å². The molecule has 0 saturated carbocycles. The first-order valence-corrected chi connectivity index (χ1v) is 13.4. The molecule has 0 saturated heterocycles. The van der Waals surface area contributed by atoms with Crippen LogP contribution in [0.2, 0.25) is 0 Å². The Morgan fingerprint density at radius 1 is 0.688 bits per heavy atom. The average Bonchev–Trinajstić information content (AvgIpc) is 3.60. The standard InChI is InChI=1S/C36H12F5N7/c1-16-6-7-18(10-17(16)2)26-29(24(15-45)47-4)31-32(35(26)48-5)33(37)27-21(13-43)25(28(23(14-44)46-3)30(27)34(31)38)19-8-9-20(12-42)22(11-19)36(39,40)41/h6-11H,1-2H3/b28-23-,29-24+. The van der Waals surface area contributed by atoms with Crippen LogP contribution in [-0.4, -0.2) is 0 Å². The molecule has 7 nitrogen and oxygen atoms in total. The van der Waals surface area contributed by atoms with E-state index in [2.05, 4.69) is 14.5 Å². The Labute approximate surface area is 270 Å². The van der Waals surface area contributed by atoms with Crippen molar-refractivity contribution in [3.05, 3.63) is 149 Å². The van der Waals surface area contributed by atoms with Crippen molar-refractivity contribution in [1.82, 2.24) is 0 Å². The van der Waals surface area contributed by atoms with Crippen molar-refractivity contribution in [1.29, 1.82) is 21.0 Å². The quantitative estimate of drug-likeness (QED) is 0.159. The predicted octanol–water partition coefficient (Wildman–Crippen LogP) is 9.03. The summed E-state index contributed by atoms with van der Waals surface area (Å²) < 4.78 is 76.1. The Bertz CT molecular complexity index is 2460. The summed E-state index contributed by atoms with van der Waals surface area (Å²) in [5.74, 6) is -2.80. The predicted molar refractivity (Wildman–Crippen MR) is 163 cm³/mol. The molecule has 48 heavy (non-hydrogen) atoms. The molecule has 3 aromatic rings. The van der Waals surface area contributed by atoms with Crippen LogP contribution in [0.4, 0.5) is 22.0 Å². The molecule has 0 heterocycles. The molecule has 0 unspecified atom stereocenters. The van der Waals surface area contributed by atoms with Gasteiger partial charge in [0.15, 0.2) is 0 Å². The fourth-order valence-corrected chi connectivity index (χ4v) is 5.83. The molecule has 5 rings (SSSR count). The van der Waals surface area contributed by atoms with Crippen LogP contribution in [0.1, 0.15) is 55.6 Å². The highest BCUT2D eigenvalue weighted by Crippen LogP contribution is 2.58. The molecule has 0 amide bonds. The van der Waals surface area contributed by atoms with Gasteiger partial charge in [-0.25, -0.2) is 33.8 Å². The SMILES string of the molecule is [C-]#[N+]C1=C(c2ccc(C)c(C)c2)/C(=C(/C#N)[N+]#[C-])c2c(F)c3c(c(F)c21)C(C#N)=C(c1ccc(C#N)c(C(F)(F)F)c1)/C3=C(\C#N)[N+]#[C-]. The van der Waals surface area contributed by atoms with E-state index >= 15 is 8.78 Å². The summed E-state index contributed by atoms with van der Waals surface area (Å²) in [4.78, 5) is 9.74. The molecule has 0 aromatic heterocycles. The molecular formula is C36H12F5N7. The Kier molecular flexibility index (Phi) is 7.74. The lowest BCUT2D eigenvalue weighted by atomic mass is 9.89. The van der Waals surface area contributed by atoms with Gasteiger partial charge >= 0.3 is 6.18 Å². The number of allylic oxidation sites excluding steroid dienone is 7. The van der Waals surface area contributed by atoms with Crippen molar-refractivity contribution in [2.75, 3.05) is 0 Å². The van der Waals surface area contributed by atoms with Crippen LogP contribution in [0.3, 0.4) is 0 Å². The van der Waals surface area contributed by atoms with Gasteiger partial charge in [-0.2, -0.15) is 23.7 Å². The van der Waals surface area contributed by atoms with E-state index in [-0.39, 0.29) is 11.1 Å². The van der Waals surface area contributed by atoms with E-state index in [4.69, 9.17) is 19.7 Å². The molecule has 0 radical (unpaired) electrons. The van der Waals surface area contributed by atoms with Gasteiger partial charge in [0.1, 0.15) is 17.7 Å². The van der Waals surface area contributed by atoms with Crippen LogP contribution in [0, 0.1) is 90.5 Å². The van der Waals surface area contributed by atoms with Gasteiger partial charge in [-0.15, -0.1) is 0 Å². The summed E-state index contributed by atoms with van der Waals surface area (Å²) >= 11 is 0. The number of alkyl halides is 3. The second kappa shape index (κ2) is 11.6. The molecule has 12 heteroatoms. The van der Waals surface area contributed by atoms with E-state index < -0.39 is 96.1 Å². The van der Waals surface area contributed by atoms with Crippen LogP contribution in [0.15, 0.2) is 47.8 Å². The van der Waals surface area contributed by atoms with Crippen molar-refractivity contribution >= 4 is 33.6 Å². The lowest BCUT2D eigenvalue weighted by molar-refractivity contribution is -0.137. The molecule has 2 aliphatic carbocycles. The van der Waals surface area contributed by atoms with Crippen LogP contribution in [-0.2, 0) is 6.18 Å². The maximum Gasteiger partial charge on any atom is 0.417 e. The Morgan fingerprint density at radius 2 is 1.23 bits per heavy atom. The second-order valence-electron chi connectivity index (χ2n) is 10.4. The van der Waals surface area contributed by atoms with Crippen LogP contribution in [0.25, 0.3) is 48.1 Å². The zero-order chi connectivity index (χ0) is 35.2. The number of halogens is 5. The molecule has 0 fully saturated rings. The molecule has 226 valence electrons. The number of fused-ring (bicyclic) bond motifs is 2. The maximum absolute atomic E-state index is 17.2. The van der Waals surface area contributed by atoms with E-state index in [1.54, 1.807) is 38.1 Å². The van der Waals surface area contributed by atoms with E-state index in [1.165, 1.54) is 18.2 Å². The zero-order valence-electron chi connectivity index (χ0n) is 24.5. The number of hydrogen-bond donors (Lipinski definition) is 0. The average molecular weight is 638 g/mol. The van der Waals surface area contributed by atoms with Gasteiger partial charge in [-0.05, 0) is 65.0 Å². The monoisotopic (exact) mass is 637 g/mol. The highest BCUT2D eigenvalue weighted by atomic mass is 19.4. The maximum atomic E-state index is 17.2. The zero-order valence-corrected chi connectivity index (χ0v) is 24.5. The number of hydrogen-bond acceptors (Lipinski definition) is 4. The molecule has 0 atom stereocenters. The van der Waals surface area contributed by atoms with Crippen LogP contribution in [0.5, 0.6) is 0 Å². The molecule has 0 bridgehead atoms. The van der Waals surface area contributed by atoms with Gasteiger partial charge < -0.3 is 0 Å². The minimum absolute atomic E-state index is 0.141. The molecule has 2 aliphatic rings. The fraction of sp³-hybridized carbons (Fsp3) is 0.0833. The fourth-order valence-electron chi connectivity index (χ4n) is 5.83. The summed E-state index contributed by atoms with van der Waals surface area (Å²) in [6.45, 7) is 26.7. The third-order valence-corrected chi connectivity index (χ3v) is 8.01. The first kappa shape index (κ1) is 32.1. The Balaban J connectivity index is 2.03. The molecule has 0 aliphatic heterocycles. The van der Waals surface area contributed by atoms with Gasteiger partial charge in [0.05, 0.1) is 54.6 Å². The summed E-state index contributed by atoms with van der Waals surface area (Å²) in [6.07, 6.45) is -5.08. The van der Waals surface area contributed by atoms with Crippen molar-refractivity contribution in [3.63, 3.8) is 0 Å². The highest BCUT2D eigenvalue weighted by molar-refractivity contribution is 6.29. The molecule has 3 aromatic carbocycles. The third-order valence-electron chi connectivity index (χ3n) is 8.01. The smallest absolute Gasteiger partial charge is 0.237 e. The summed E-state index contributed by atoms with van der Waals surface area (Å²) in [5.41, 5.74) is -8.75. The minimum Gasteiger partial charge on any atom is -0.237 e. The number of rotatable bonds is 2. The minimum atomic E-state index is -5.08. The van der Waals surface area contributed by atoms with E-state index in [0.29, 0.717) is 11.6 Å². The third kappa shape index (κ3) is 4.49. The van der Waals surface area contributed by atoms with Gasteiger partial charge in [-0.1, -0.05) is 24.3 Å². The summed E-state index contributed by atoms with van der Waals surface area (Å²) in [6, 6.07) is 13.3. The van der Waals surface area contributed by atoms with Gasteiger partial charge in [0, 0.05) is 27.8 Å². The number of aryl methyl sites for hydroxylation is 2. The van der Waals surface area contributed by atoms with Crippen LogP contribution >= 0.6 is 0 Å². The summed E-state index contributed by atoms with van der Waals surface area (Å²) in [5, 5.41) is 39.4. The van der Waals surface area contributed by atoms with Crippen molar-refractivity contribution in [2.45, 2.75) is 20.0 Å². The second-order valence-corrected chi connectivity index (χ2v) is 10.4. The summed E-state index contributed by atoms with van der Waals surface area (Å²) in [7, 11) is 0. The van der Waals surface area contributed by atoms with Crippen molar-refractivity contribution in [2.24, 2.45) is 0 Å².